The molecule has 1 aliphatic heterocycles. The van der Waals surface area contributed by atoms with Crippen LogP contribution in [0.2, 0.25) is 0 Å². The van der Waals surface area contributed by atoms with Gasteiger partial charge in [0.05, 0.1) is 17.2 Å². The molecule has 1 aromatic heterocycles. The van der Waals surface area contributed by atoms with Gasteiger partial charge >= 0.3 is 11.7 Å². The second-order valence-electron chi connectivity index (χ2n) is 8.74. The first-order valence-electron chi connectivity index (χ1n) is 10.8. The summed E-state index contributed by atoms with van der Waals surface area (Å²) < 4.78 is 22.8. The largest absolute Gasteiger partial charge is 0.465 e. The molecular weight excluding hydrogens is 442 g/mol. The van der Waals surface area contributed by atoms with E-state index in [1.807, 2.05) is 37.3 Å². The minimum atomic E-state index is -1.36. The highest BCUT2D eigenvalue weighted by atomic mass is 16.7. The summed E-state index contributed by atoms with van der Waals surface area (Å²) >= 11 is 0. The fraction of sp³-hybridized carbons (Fsp3) is 0.360. The number of amides is 1. The molecule has 0 spiro atoms. The van der Waals surface area contributed by atoms with Crippen LogP contribution in [0.25, 0.3) is 22.1 Å². The highest BCUT2D eigenvalue weighted by Crippen LogP contribution is 2.34. The zero-order valence-corrected chi connectivity index (χ0v) is 19.3. The highest BCUT2D eigenvalue weighted by molar-refractivity contribution is 5.87. The molecule has 3 aromatic rings. The van der Waals surface area contributed by atoms with Gasteiger partial charge in [-0.05, 0) is 44.0 Å². The van der Waals surface area contributed by atoms with Crippen LogP contribution in [0.1, 0.15) is 19.4 Å². The molecule has 1 aliphatic rings. The maximum atomic E-state index is 12.8. The van der Waals surface area contributed by atoms with Crippen molar-refractivity contribution in [3.05, 3.63) is 64.5 Å². The van der Waals surface area contributed by atoms with Gasteiger partial charge < -0.3 is 34.2 Å². The van der Waals surface area contributed by atoms with Crippen molar-refractivity contribution >= 4 is 17.1 Å². The van der Waals surface area contributed by atoms with Crippen molar-refractivity contribution in [2.24, 2.45) is 0 Å². The Labute approximate surface area is 195 Å². The van der Waals surface area contributed by atoms with Gasteiger partial charge in [0.25, 0.3) is 0 Å². The van der Waals surface area contributed by atoms with Crippen LogP contribution >= 0.6 is 0 Å². The van der Waals surface area contributed by atoms with E-state index in [9.17, 15) is 19.8 Å². The number of carbonyl (C=O) groups is 1. The number of rotatable bonds is 5. The Morgan fingerprint density at radius 1 is 1.15 bits per heavy atom. The van der Waals surface area contributed by atoms with Crippen LogP contribution in [0.4, 0.5) is 4.79 Å². The Morgan fingerprint density at radius 2 is 1.85 bits per heavy atom. The van der Waals surface area contributed by atoms with Gasteiger partial charge in [0.15, 0.2) is 0 Å². The molecule has 34 heavy (non-hydrogen) atoms. The number of benzene rings is 2. The lowest BCUT2D eigenvalue weighted by molar-refractivity contribution is -0.281. The molecule has 0 aliphatic carbocycles. The summed E-state index contributed by atoms with van der Waals surface area (Å²) in [6.45, 7) is 5.29. The van der Waals surface area contributed by atoms with Gasteiger partial charge in [-0.25, -0.2) is 9.59 Å². The van der Waals surface area contributed by atoms with Crippen molar-refractivity contribution in [3.63, 3.8) is 0 Å². The van der Waals surface area contributed by atoms with E-state index >= 15 is 0 Å². The van der Waals surface area contributed by atoms with Crippen LogP contribution in [-0.2, 0) is 9.47 Å². The lowest BCUT2D eigenvalue weighted by atomic mass is 9.87. The molecule has 0 radical (unpaired) electrons. The van der Waals surface area contributed by atoms with Crippen molar-refractivity contribution in [1.82, 2.24) is 5.32 Å². The number of nitrogens with one attached hydrogen (secondary N) is 1. The molecule has 9 heteroatoms. The summed E-state index contributed by atoms with van der Waals surface area (Å²) in [5.41, 5.74) is 0.893. The molecule has 180 valence electrons. The fourth-order valence-corrected chi connectivity index (χ4v) is 4.53. The summed E-state index contributed by atoms with van der Waals surface area (Å²) in [5.74, 6) is 0.285. The Hall–Kier alpha value is -3.40. The van der Waals surface area contributed by atoms with Crippen molar-refractivity contribution in [1.29, 1.82) is 0 Å². The first-order chi connectivity index (χ1) is 16.1. The molecule has 2 heterocycles. The highest BCUT2D eigenvalue weighted by Gasteiger charge is 2.51. The van der Waals surface area contributed by atoms with E-state index in [1.54, 1.807) is 32.0 Å². The number of aliphatic hydroxyl groups is 1. The number of carboxylic acid groups (broad SMARTS) is 1. The number of aryl methyl sites for hydroxylation is 1. The van der Waals surface area contributed by atoms with Gasteiger partial charge in [0.1, 0.15) is 23.5 Å². The summed E-state index contributed by atoms with van der Waals surface area (Å²) in [4.78, 5) is 24.0. The SMILES string of the molecule is CO[C@@H]1[C@@H](NC(=O)O)[C@@H](O)[C@H](Oc2ccc3c(C)c(-c4ccccc4)c(=O)oc3c2)OC1(C)C. The van der Waals surface area contributed by atoms with E-state index in [0.29, 0.717) is 11.1 Å². The van der Waals surface area contributed by atoms with Crippen LogP contribution in [-0.4, -0.2) is 53.6 Å². The van der Waals surface area contributed by atoms with Crippen molar-refractivity contribution < 1.29 is 33.6 Å². The van der Waals surface area contributed by atoms with E-state index in [4.69, 9.17) is 18.6 Å². The molecule has 1 fully saturated rings. The van der Waals surface area contributed by atoms with Crippen molar-refractivity contribution in [3.8, 4) is 16.9 Å². The van der Waals surface area contributed by atoms with Crippen LogP contribution in [0.15, 0.2) is 57.7 Å². The van der Waals surface area contributed by atoms with Gasteiger partial charge in [-0.2, -0.15) is 0 Å². The van der Waals surface area contributed by atoms with Gasteiger partial charge in [-0.15, -0.1) is 0 Å². The van der Waals surface area contributed by atoms with E-state index in [1.165, 1.54) is 7.11 Å². The number of ether oxygens (including phenoxy) is 3. The summed E-state index contributed by atoms with van der Waals surface area (Å²) in [5, 5.41) is 23.1. The minimum Gasteiger partial charge on any atom is -0.465 e. The third-order valence-electron chi connectivity index (χ3n) is 6.08. The number of aliphatic hydroxyl groups excluding tert-OH is 1. The summed E-state index contributed by atoms with van der Waals surface area (Å²) in [6, 6.07) is 13.3. The van der Waals surface area contributed by atoms with Crippen molar-refractivity contribution in [2.45, 2.75) is 50.9 Å². The first-order valence-corrected chi connectivity index (χ1v) is 10.8. The van der Waals surface area contributed by atoms with Crippen LogP contribution in [0.5, 0.6) is 5.75 Å². The third kappa shape index (κ3) is 4.37. The number of hydrogen-bond donors (Lipinski definition) is 3. The molecule has 3 N–H and O–H groups in total. The average Bonchev–Trinajstić information content (AvgIpc) is 2.77. The number of fused-ring (bicyclic) bond motifs is 1. The third-order valence-corrected chi connectivity index (χ3v) is 6.08. The lowest BCUT2D eigenvalue weighted by Crippen LogP contribution is -2.68. The maximum absolute atomic E-state index is 12.8. The molecule has 1 amide bonds. The van der Waals surface area contributed by atoms with Gasteiger partial charge in [0.2, 0.25) is 6.29 Å². The predicted octanol–water partition coefficient (Wildman–Crippen LogP) is 3.29. The lowest BCUT2D eigenvalue weighted by Gasteiger charge is -2.48. The summed E-state index contributed by atoms with van der Waals surface area (Å²) in [7, 11) is 1.41. The van der Waals surface area contributed by atoms with Crippen LogP contribution in [0, 0.1) is 6.92 Å². The fourth-order valence-electron chi connectivity index (χ4n) is 4.53. The second kappa shape index (κ2) is 9.09. The van der Waals surface area contributed by atoms with E-state index in [2.05, 4.69) is 5.32 Å². The maximum Gasteiger partial charge on any atom is 0.405 e. The minimum absolute atomic E-state index is 0.285. The molecule has 0 unspecified atom stereocenters. The summed E-state index contributed by atoms with van der Waals surface area (Å²) in [6.07, 6.45) is -4.63. The molecule has 4 rings (SSSR count). The van der Waals surface area contributed by atoms with E-state index in [0.717, 1.165) is 16.5 Å². The van der Waals surface area contributed by atoms with Gasteiger partial charge in [-0.3, -0.25) is 0 Å². The molecule has 0 saturated carbocycles. The van der Waals surface area contributed by atoms with Gasteiger partial charge in [0, 0.05) is 18.6 Å². The van der Waals surface area contributed by atoms with Crippen LogP contribution in [0.3, 0.4) is 0 Å². The molecule has 4 atom stereocenters. The standard InChI is InChI=1S/C25H27NO8/c1-13-16-11-10-15(12-17(16)33-22(28)18(13)14-8-6-5-7-9-14)32-23-20(27)19(26-24(29)30)21(31-4)25(2,3)34-23/h5-12,19-21,23,26-27H,1-4H3,(H,29,30)/t19-,20+,21+,23+/m0/s1. The first kappa shape index (κ1) is 23.7. The van der Waals surface area contributed by atoms with Gasteiger partial charge in [-0.1, -0.05) is 30.3 Å². The Bertz CT molecular complexity index is 1250. The predicted molar refractivity (Wildman–Crippen MR) is 124 cm³/mol. The zero-order valence-electron chi connectivity index (χ0n) is 19.3. The molecule has 9 nitrogen and oxygen atoms in total. The Morgan fingerprint density at radius 3 is 2.50 bits per heavy atom. The Balaban J connectivity index is 1.67. The average molecular weight is 469 g/mol. The number of hydrogen-bond acceptors (Lipinski definition) is 7. The normalized spacial score (nSPS) is 24.0. The second-order valence-corrected chi connectivity index (χ2v) is 8.74. The topological polar surface area (TPSA) is 127 Å². The molecular formula is C25H27NO8. The number of methoxy groups -OCH3 is 1. The van der Waals surface area contributed by atoms with Crippen molar-refractivity contribution in [2.75, 3.05) is 7.11 Å². The molecule has 2 aromatic carbocycles. The van der Waals surface area contributed by atoms with Crippen LogP contribution < -0.4 is 15.7 Å². The molecule has 0 bridgehead atoms. The van der Waals surface area contributed by atoms with E-state index < -0.39 is 41.9 Å². The Kier molecular flexibility index (Phi) is 6.35. The zero-order chi connectivity index (χ0) is 24.6. The molecule has 1 saturated heterocycles. The van der Waals surface area contributed by atoms with E-state index in [-0.39, 0.29) is 5.75 Å². The monoisotopic (exact) mass is 469 g/mol. The smallest absolute Gasteiger partial charge is 0.405 e. The quantitative estimate of drug-likeness (QED) is 0.486.